The maximum atomic E-state index is 12.4. The number of nitrogens with one attached hydrogen (secondary N) is 2. The van der Waals surface area contributed by atoms with Crippen LogP contribution in [0.3, 0.4) is 0 Å². The maximum absolute atomic E-state index is 12.4. The van der Waals surface area contributed by atoms with Crippen LogP contribution in [0.5, 0.6) is 0 Å². The second-order valence-corrected chi connectivity index (χ2v) is 8.11. The molecule has 1 atom stereocenters. The van der Waals surface area contributed by atoms with Crippen LogP contribution in [0, 0.1) is 0 Å². The molecule has 0 spiro atoms. The van der Waals surface area contributed by atoms with Gasteiger partial charge >= 0.3 is 6.09 Å². The summed E-state index contributed by atoms with van der Waals surface area (Å²) in [6, 6.07) is 0.373. The normalized spacial score (nSPS) is 17.1. The smallest absolute Gasteiger partial charge is 0.410 e. The highest BCUT2D eigenvalue weighted by atomic mass is 16.6. The standard InChI is InChI=1S/C20H41N5O3/c1-7-10-25(19(26)28-20(4,5)6)11-9-22-18(21-8-2)23-16-17(3)24-12-14-27-15-13-24/h17H,7-16H2,1-6H3,(H2,21,22,23). The van der Waals surface area contributed by atoms with Gasteiger partial charge in [-0.2, -0.15) is 0 Å². The molecule has 1 aliphatic heterocycles. The molecule has 1 unspecified atom stereocenters. The van der Waals surface area contributed by atoms with Crippen LogP contribution in [-0.2, 0) is 9.47 Å². The van der Waals surface area contributed by atoms with E-state index in [4.69, 9.17) is 14.5 Å². The zero-order valence-electron chi connectivity index (χ0n) is 18.7. The summed E-state index contributed by atoms with van der Waals surface area (Å²) in [5.74, 6) is 0.781. The highest BCUT2D eigenvalue weighted by Gasteiger charge is 2.21. The fraction of sp³-hybridized carbons (Fsp3) is 0.900. The van der Waals surface area contributed by atoms with Crippen molar-refractivity contribution in [2.24, 2.45) is 4.99 Å². The van der Waals surface area contributed by atoms with E-state index in [0.717, 1.165) is 51.8 Å². The molecular weight excluding hydrogens is 358 g/mol. The molecule has 1 heterocycles. The number of ether oxygens (including phenoxy) is 2. The van der Waals surface area contributed by atoms with Crippen LogP contribution in [0.4, 0.5) is 4.79 Å². The second kappa shape index (κ2) is 12.8. The van der Waals surface area contributed by atoms with E-state index in [2.05, 4.69) is 29.4 Å². The molecule has 1 rings (SSSR count). The van der Waals surface area contributed by atoms with E-state index < -0.39 is 5.60 Å². The number of morpholine rings is 1. The topological polar surface area (TPSA) is 78.4 Å². The van der Waals surface area contributed by atoms with Crippen molar-refractivity contribution < 1.29 is 14.3 Å². The summed E-state index contributed by atoms with van der Waals surface area (Å²) in [4.78, 5) is 21.2. The third-order valence-electron chi connectivity index (χ3n) is 4.35. The molecular formula is C20H41N5O3. The molecule has 0 aromatic rings. The van der Waals surface area contributed by atoms with Gasteiger partial charge in [0.2, 0.25) is 0 Å². The van der Waals surface area contributed by atoms with Gasteiger partial charge in [-0.05, 0) is 41.0 Å². The minimum Gasteiger partial charge on any atom is -0.444 e. The van der Waals surface area contributed by atoms with Gasteiger partial charge in [0.25, 0.3) is 0 Å². The molecule has 0 radical (unpaired) electrons. The zero-order chi connectivity index (χ0) is 21.0. The molecule has 0 aromatic heterocycles. The summed E-state index contributed by atoms with van der Waals surface area (Å²) in [5.41, 5.74) is -0.484. The number of amides is 1. The predicted octanol–water partition coefficient (Wildman–Crippen LogP) is 1.91. The van der Waals surface area contributed by atoms with Crippen LogP contribution in [0.2, 0.25) is 0 Å². The average molecular weight is 400 g/mol. The first kappa shape index (κ1) is 24.5. The van der Waals surface area contributed by atoms with Crippen molar-refractivity contribution >= 4 is 12.1 Å². The Morgan fingerprint density at radius 2 is 1.89 bits per heavy atom. The zero-order valence-corrected chi connectivity index (χ0v) is 18.7. The van der Waals surface area contributed by atoms with Crippen molar-refractivity contribution in [3.05, 3.63) is 0 Å². The Hall–Kier alpha value is -1.54. The third kappa shape index (κ3) is 10.1. The van der Waals surface area contributed by atoms with Crippen LogP contribution >= 0.6 is 0 Å². The third-order valence-corrected chi connectivity index (χ3v) is 4.35. The number of carbonyl (C=O) groups is 1. The molecule has 0 aliphatic carbocycles. The van der Waals surface area contributed by atoms with E-state index in [1.807, 2.05) is 27.7 Å². The summed E-state index contributed by atoms with van der Waals surface area (Å²) in [7, 11) is 0. The van der Waals surface area contributed by atoms with Gasteiger partial charge in [-0.3, -0.25) is 9.89 Å². The van der Waals surface area contributed by atoms with Crippen molar-refractivity contribution in [1.29, 1.82) is 0 Å². The number of nitrogens with zero attached hydrogens (tertiary/aromatic N) is 3. The summed E-state index contributed by atoms with van der Waals surface area (Å²) < 4.78 is 10.9. The molecule has 8 nitrogen and oxygen atoms in total. The Bertz CT molecular complexity index is 473. The van der Waals surface area contributed by atoms with Gasteiger partial charge in [-0.25, -0.2) is 4.79 Å². The number of guanidine groups is 1. The van der Waals surface area contributed by atoms with Gasteiger partial charge < -0.3 is 25.0 Å². The predicted molar refractivity (Wildman–Crippen MR) is 114 cm³/mol. The van der Waals surface area contributed by atoms with Gasteiger partial charge in [0.1, 0.15) is 5.60 Å². The van der Waals surface area contributed by atoms with Crippen LogP contribution in [0.1, 0.15) is 48.0 Å². The van der Waals surface area contributed by atoms with E-state index in [-0.39, 0.29) is 6.09 Å². The fourth-order valence-corrected chi connectivity index (χ4v) is 2.90. The fourth-order valence-electron chi connectivity index (χ4n) is 2.90. The van der Waals surface area contributed by atoms with Gasteiger partial charge in [-0.15, -0.1) is 0 Å². The van der Waals surface area contributed by atoms with E-state index in [1.54, 1.807) is 4.90 Å². The molecule has 1 aliphatic rings. The van der Waals surface area contributed by atoms with Crippen LogP contribution in [0.15, 0.2) is 4.99 Å². The number of aliphatic imine (C=N–C) groups is 1. The van der Waals surface area contributed by atoms with Crippen molar-refractivity contribution in [3.63, 3.8) is 0 Å². The lowest BCUT2D eigenvalue weighted by atomic mass is 10.2. The molecule has 0 saturated carbocycles. The summed E-state index contributed by atoms with van der Waals surface area (Å²) in [6.07, 6.45) is 0.629. The Morgan fingerprint density at radius 1 is 1.21 bits per heavy atom. The summed E-state index contributed by atoms with van der Waals surface area (Å²) in [5, 5.41) is 6.61. The Kier molecular flexibility index (Phi) is 11.2. The van der Waals surface area contributed by atoms with Crippen molar-refractivity contribution in [2.45, 2.75) is 59.6 Å². The van der Waals surface area contributed by atoms with E-state index >= 15 is 0 Å². The number of hydrogen-bond acceptors (Lipinski definition) is 5. The first-order valence-corrected chi connectivity index (χ1v) is 10.6. The van der Waals surface area contributed by atoms with Crippen molar-refractivity contribution in [2.75, 3.05) is 59.0 Å². The SMILES string of the molecule is CCCN(CCNC(=NCC(C)N1CCOCC1)NCC)C(=O)OC(C)(C)C. The largest absolute Gasteiger partial charge is 0.444 e. The maximum Gasteiger partial charge on any atom is 0.410 e. The van der Waals surface area contributed by atoms with E-state index in [0.29, 0.717) is 25.7 Å². The van der Waals surface area contributed by atoms with Crippen LogP contribution in [0.25, 0.3) is 0 Å². The molecule has 164 valence electrons. The monoisotopic (exact) mass is 399 g/mol. The highest BCUT2D eigenvalue weighted by Crippen LogP contribution is 2.10. The van der Waals surface area contributed by atoms with Gasteiger partial charge in [-0.1, -0.05) is 6.92 Å². The number of rotatable bonds is 9. The summed E-state index contributed by atoms with van der Waals surface area (Å²) in [6.45, 7) is 18.9. The van der Waals surface area contributed by atoms with E-state index in [1.165, 1.54) is 0 Å². The lowest BCUT2D eigenvalue weighted by Crippen LogP contribution is -2.46. The first-order valence-electron chi connectivity index (χ1n) is 10.6. The molecule has 0 aromatic carbocycles. The van der Waals surface area contributed by atoms with Crippen molar-refractivity contribution in [1.82, 2.24) is 20.4 Å². The molecule has 2 N–H and O–H groups in total. The highest BCUT2D eigenvalue weighted by molar-refractivity contribution is 5.79. The van der Waals surface area contributed by atoms with Gasteiger partial charge in [0.05, 0.1) is 19.8 Å². The summed E-state index contributed by atoms with van der Waals surface area (Å²) >= 11 is 0. The Morgan fingerprint density at radius 3 is 2.46 bits per heavy atom. The number of hydrogen-bond donors (Lipinski definition) is 2. The molecule has 1 saturated heterocycles. The average Bonchev–Trinajstić information content (AvgIpc) is 2.64. The lowest BCUT2D eigenvalue weighted by Gasteiger charge is -2.31. The Labute approximate surface area is 171 Å². The molecule has 1 amide bonds. The number of carbonyl (C=O) groups excluding carboxylic acids is 1. The van der Waals surface area contributed by atoms with Gasteiger partial charge in [0, 0.05) is 45.3 Å². The van der Waals surface area contributed by atoms with Crippen molar-refractivity contribution in [3.8, 4) is 0 Å². The van der Waals surface area contributed by atoms with Crippen LogP contribution < -0.4 is 10.6 Å². The van der Waals surface area contributed by atoms with E-state index in [9.17, 15) is 4.79 Å². The minimum absolute atomic E-state index is 0.265. The molecule has 0 bridgehead atoms. The van der Waals surface area contributed by atoms with Gasteiger partial charge in [0.15, 0.2) is 5.96 Å². The first-order chi connectivity index (χ1) is 13.3. The molecule has 8 heteroatoms. The Balaban J connectivity index is 2.51. The molecule has 1 fully saturated rings. The molecule has 28 heavy (non-hydrogen) atoms. The van der Waals surface area contributed by atoms with Crippen LogP contribution in [-0.4, -0.2) is 92.5 Å². The minimum atomic E-state index is -0.484. The second-order valence-electron chi connectivity index (χ2n) is 8.11. The quantitative estimate of drug-likeness (QED) is 0.456. The lowest BCUT2D eigenvalue weighted by molar-refractivity contribution is 0.0220.